The molecule has 1 amide bonds. The molecule has 2 aliphatic heterocycles. The van der Waals surface area contributed by atoms with Crippen molar-refractivity contribution in [2.45, 2.75) is 383 Å². The lowest BCUT2D eigenvalue weighted by Crippen LogP contribution is -2.65. The largest absolute Gasteiger partial charge is 0.394 e. The summed E-state index contributed by atoms with van der Waals surface area (Å²) in [5.74, 6) is -0.258. The van der Waals surface area contributed by atoms with Gasteiger partial charge in [0.25, 0.3) is 0 Å². The van der Waals surface area contributed by atoms with Crippen molar-refractivity contribution in [3.05, 3.63) is 134 Å². The molecule has 0 bridgehead atoms. The van der Waals surface area contributed by atoms with Crippen LogP contribution in [0.2, 0.25) is 0 Å². The summed E-state index contributed by atoms with van der Waals surface area (Å²) in [6.07, 6.45) is 85.3. The van der Waals surface area contributed by atoms with E-state index < -0.39 is 86.8 Å². The molecule has 574 valence electrons. The van der Waals surface area contributed by atoms with Gasteiger partial charge in [-0.15, -0.1) is 0 Å². The second kappa shape index (κ2) is 68.3. The Hall–Kier alpha value is -3.87. The van der Waals surface area contributed by atoms with E-state index in [0.717, 1.165) is 103 Å². The fourth-order valence-electron chi connectivity index (χ4n) is 12.5. The maximum absolute atomic E-state index is 13.4. The maximum atomic E-state index is 13.4. The summed E-state index contributed by atoms with van der Waals surface area (Å²) in [4.78, 5) is 13.4. The van der Waals surface area contributed by atoms with Gasteiger partial charge in [-0.05, 0) is 109 Å². The molecule has 0 aliphatic carbocycles. The van der Waals surface area contributed by atoms with Crippen LogP contribution in [-0.2, 0) is 23.7 Å². The van der Waals surface area contributed by atoms with Gasteiger partial charge in [-0.3, -0.25) is 4.79 Å². The Balaban J connectivity index is 1.65. The van der Waals surface area contributed by atoms with Crippen molar-refractivity contribution in [2.75, 3.05) is 19.8 Å². The van der Waals surface area contributed by atoms with Crippen LogP contribution in [0.4, 0.5) is 0 Å². The van der Waals surface area contributed by atoms with Crippen LogP contribution in [0.25, 0.3) is 0 Å². The summed E-state index contributed by atoms with van der Waals surface area (Å²) >= 11 is 0. The molecule has 0 aromatic heterocycles. The highest BCUT2D eigenvalue weighted by Gasteiger charge is 2.51. The highest BCUT2D eigenvalue weighted by molar-refractivity contribution is 5.76. The van der Waals surface area contributed by atoms with E-state index in [9.17, 15) is 45.6 Å². The number of allylic oxidation sites excluding steroid dienone is 21. The average molecular weight is 1400 g/mol. The summed E-state index contributed by atoms with van der Waals surface area (Å²) in [5, 5.41) is 87.7. The zero-order valence-corrected chi connectivity index (χ0v) is 62.9. The van der Waals surface area contributed by atoms with E-state index in [4.69, 9.17) is 18.9 Å². The van der Waals surface area contributed by atoms with Gasteiger partial charge in [0.1, 0.15) is 48.8 Å². The summed E-state index contributed by atoms with van der Waals surface area (Å²) in [6, 6.07) is -0.950. The van der Waals surface area contributed by atoms with Crippen LogP contribution in [0.15, 0.2) is 134 Å². The number of hydrogen-bond donors (Lipinski definition) is 9. The van der Waals surface area contributed by atoms with Gasteiger partial charge in [-0.25, -0.2) is 0 Å². The molecular weight excluding hydrogens is 1250 g/mol. The van der Waals surface area contributed by atoms with Gasteiger partial charge in [0.05, 0.1) is 32.0 Å². The topological polar surface area (TPSA) is 228 Å². The third kappa shape index (κ3) is 50.5. The summed E-state index contributed by atoms with van der Waals surface area (Å²) in [7, 11) is 0. The molecule has 2 saturated heterocycles. The van der Waals surface area contributed by atoms with E-state index in [0.29, 0.717) is 12.8 Å². The average Bonchev–Trinajstić information content (AvgIpc) is 0.791. The molecule has 0 spiro atoms. The maximum Gasteiger partial charge on any atom is 0.220 e. The van der Waals surface area contributed by atoms with Crippen LogP contribution in [0.5, 0.6) is 0 Å². The quantitative estimate of drug-likeness (QED) is 0.0204. The Morgan fingerprint density at radius 1 is 0.370 bits per heavy atom. The van der Waals surface area contributed by atoms with Crippen molar-refractivity contribution in [2.24, 2.45) is 0 Å². The molecule has 0 radical (unpaired) electrons. The zero-order chi connectivity index (χ0) is 72.2. The first-order chi connectivity index (χ1) is 49.1. The molecule has 0 saturated carbocycles. The van der Waals surface area contributed by atoms with Gasteiger partial charge in [0.15, 0.2) is 12.6 Å². The molecule has 100 heavy (non-hydrogen) atoms. The molecule has 2 rings (SSSR count). The van der Waals surface area contributed by atoms with Crippen molar-refractivity contribution in [1.29, 1.82) is 0 Å². The number of aliphatic hydroxyl groups excluding tert-OH is 8. The van der Waals surface area contributed by atoms with E-state index in [2.05, 4.69) is 141 Å². The molecule has 0 aromatic rings. The van der Waals surface area contributed by atoms with Crippen molar-refractivity contribution in [3.8, 4) is 0 Å². The number of carbonyl (C=O) groups is 1. The van der Waals surface area contributed by atoms with Gasteiger partial charge in [0, 0.05) is 6.42 Å². The minimum Gasteiger partial charge on any atom is -0.394 e. The Bertz CT molecular complexity index is 2200. The van der Waals surface area contributed by atoms with Crippen LogP contribution in [0, 0.1) is 0 Å². The van der Waals surface area contributed by atoms with Crippen molar-refractivity contribution >= 4 is 5.91 Å². The van der Waals surface area contributed by atoms with Crippen molar-refractivity contribution in [3.63, 3.8) is 0 Å². The standard InChI is InChI=1S/C86H147NO13/c1-3-5-7-9-11-13-15-17-19-21-23-25-27-29-31-33-34-35-36-37-38-39-40-42-44-46-48-50-52-54-56-58-60-62-64-66-68-70-78(91)87-74(73-97-85-83(96)81(94)84(77(72-89)99-85)100-86-82(95)80(93)79(92)76(71-88)98-86)75(90)69-67-65-63-61-59-57-55-53-51-49-47-45-43-41-32-30-28-26-24-22-20-18-16-14-12-10-8-6-4-2/h5,7,11,13,17,19,23,25,29,31,34-35,37-38,40,42,51,53,59,61,67,69,74-77,79-86,88-90,92-96H,3-4,6,8-10,12,14-16,18,20-22,24,26-28,30,32-33,36,39,41,43-50,52,54-58,60,62-66,68,70-73H2,1-2H3,(H,87,91)/b7-5-,13-11-,19-17-,25-23-,31-29-,35-34-,38-37-,42-40-,53-51+,61-59+,69-67+. The van der Waals surface area contributed by atoms with Crippen LogP contribution < -0.4 is 5.32 Å². The first kappa shape index (κ1) is 92.2. The van der Waals surface area contributed by atoms with Gasteiger partial charge >= 0.3 is 0 Å². The molecule has 9 N–H and O–H groups in total. The minimum atomic E-state index is -1.80. The van der Waals surface area contributed by atoms with E-state index in [1.165, 1.54) is 173 Å². The van der Waals surface area contributed by atoms with Gasteiger partial charge in [-0.2, -0.15) is 0 Å². The minimum absolute atomic E-state index is 0.258. The predicted molar refractivity (Wildman–Crippen MR) is 415 cm³/mol. The van der Waals surface area contributed by atoms with Crippen LogP contribution in [-0.4, -0.2) is 140 Å². The van der Waals surface area contributed by atoms with Crippen molar-refractivity contribution in [1.82, 2.24) is 5.32 Å². The number of rotatable bonds is 66. The lowest BCUT2D eigenvalue weighted by atomic mass is 9.97. The van der Waals surface area contributed by atoms with E-state index in [-0.39, 0.29) is 18.9 Å². The van der Waals surface area contributed by atoms with Crippen LogP contribution >= 0.6 is 0 Å². The lowest BCUT2D eigenvalue weighted by molar-refractivity contribution is -0.359. The number of ether oxygens (including phenoxy) is 4. The molecule has 12 atom stereocenters. The lowest BCUT2D eigenvalue weighted by Gasteiger charge is -2.46. The van der Waals surface area contributed by atoms with E-state index >= 15 is 0 Å². The number of unbranched alkanes of at least 4 members (excludes halogenated alkanes) is 33. The molecular formula is C86H147NO13. The molecule has 2 fully saturated rings. The fourth-order valence-corrected chi connectivity index (χ4v) is 12.5. The smallest absolute Gasteiger partial charge is 0.220 e. The van der Waals surface area contributed by atoms with Gasteiger partial charge in [-0.1, -0.05) is 327 Å². The molecule has 0 aromatic carbocycles. The van der Waals surface area contributed by atoms with Crippen molar-refractivity contribution < 1.29 is 64.6 Å². The Kier molecular flexibility index (Phi) is 62.9. The monoisotopic (exact) mass is 1400 g/mol. The highest BCUT2D eigenvalue weighted by Crippen LogP contribution is 2.30. The summed E-state index contributed by atoms with van der Waals surface area (Å²) in [6.45, 7) is 2.69. The molecule has 2 aliphatic rings. The number of nitrogens with one attached hydrogen (secondary N) is 1. The van der Waals surface area contributed by atoms with E-state index in [1.54, 1.807) is 6.08 Å². The van der Waals surface area contributed by atoms with Crippen LogP contribution in [0.3, 0.4) is 0 Å². The third-order valence-electron chi connectivity index (χ3n) is 18.8. The van der Waals surface area contributed by atoms with Gasteiger partial charge < -0.3 is 65.1 Å². The number of aliphatic hydroxyl groups is 8. The Labute approximate surface area is 609 Å². The normalized spacial score (nSPS) is 22.6. The number of amides is 1. The molecule has 14 nitrogen and oxygen atoms in total. The first-order valence-electron chi connectivity index (χ1n) is 40.4. The first-order valence-corrected chi connectivity index (χ1v) is 40.4. The molecule has 2 heterocycles. The van der Waals surface area contributed by atoms with Gasteiger partial charge in [0.2, 0.25) is 5.91 Å². The zero-order valence-electron chi connectivity index (χ0n) is 62.9. The Morgan fingerprint density at radius 3 is 1.10 bits per heavy atom. The third-order valence-corrected chi connectivity index (χ3v) is 18.8. The SMILES string of the molecule is CC/C=C\C/C=C\C/C=C\C/C=C\C/C=C\C/C=C\C/C=C\C/C=C\CCCCCCCCCCCCCCC(=O)NC(COC1OC(CO)C(OC2OC(CO)C(O)C(O)C2O)C(O)C1O)C(O)/C=C/CC/C=C/CC/C=C/CCCCCCCCCCCCCCCCCCCCC. The fraction of sp³-hybridized carbons (Fsp3) is 0.733. The molecule has 14 heteroatoms. The second-order valence-electron chi connectivity index (χ2n) is 27.8. The van der Waals surface area contributed by atoms with E-state index in [1.807, 2.05) is 6.08 Å². The molecule has 12 unspecified atom stereocenters. The van der Waals surface area contributed by atoms with Crippen LogP contribution in [0.1, 0.15) is 309 Å². The predicted octanol–water partition coefficient (Wildman–Crippen LogP) is 18.6. The second-order valence-corrected chi connectivity index (χ2v) is 27.8. The number of hydrogen-bond acceptors (Lipinski definition) is 13. The number of carbonyl (C=O) groups excluding carboxylic acids is 1. The Morgan fingerprint density at radius 2 is 0.700 bits per heavy atom. The summed E-state index contributed by atoms with van der Waals surface area (Å²) < 4.78 is 22.9. The summed E-state index contributed by atoms with van der Waals surface area (Å²) in [5.41, 5.74) is 0. The highest BCUT2D eigenvalue weighted by atomic mass is 16.7.